The molecule has 0 atom stereocenters. The smallest absolute Gasteiger partial charge is 0.253 e. The Morgan fingerprint density at radius 1 is 1.14 bits per heavy atom. The minimum absolute atomic E-state index is 0.0983. The molecule has 116 valence electrons. The molecule has 0 aliphatic carbocycles. The van der Waals surface area contributed by atoms with Gasteiger partial charge < -0.3 is 14.7 Å². The van der Waals surface area contributed by atoms with Crippen LogP contribution in [-0.2, 0) is 6.42 Å². The van der Waals surface area contributed by atoms with Crippen molar-refractivity contribution < 1.29 is 4.79 Å². The molecule has 0 unspecified atom stereocenters. The highest BCUT2D eigenvalue weighted by Gasteiger charge is 2.15. The number of amides is 1. The second-order valence-corrected chi connectivity index (χ2v) is 6.11. The van der Waals surface area contributed by atoms with Crippen LogP contribution in [0, 0.1) is 0 Å². The number of likely N-dealkylation sites (N-methyl/N-ethyl adjacent to an activating group) is 1. The second-order valence-electron chi connectivity index (χ2n) is 6.11. The first kappa shape index (κ1) is 16.0. The summed E-state index contributed by atoms with van der Waals surface area (Å²) in [5.74, 6) is 0.0983. The quantitative estimate of drug-likeness (QED) is 0.842. The van der Waals surface area contributed by atoms with Crippen molar-refractivity contribution in [2.24, 2.45) is 0 Å². The number of hydrogen-bond acceptors (Lipinski definition) is 3. The first-order valence-electron chi connectivity index (χ1n) is 7.78. The van der Waals surface area contributed by atoms with Crippen LogP contribution in [0.5, 0.6) is 0 Å². The number of hydrogen-bond donors (Lipinski definition) is 0. The summed E-state index contributed by atoms with van der Waals surface area (Å²) in [6, 6.07) is 7.99. The van der Waals surface area contributed by atoms with Crippen LogP contribution in [0.1, 0.15) is 22.3 Å². The Balaban J connectivity index is 1.98. The van der Waals surface area contributed by atoms with Gasteiger partial charge in [0.2, 0.25) is 0 Å². The van der Waals surface area contributed by atoms with E-state index in [4.69, 9.17) is 0 Å². The molecule has 0 bridgehead atoms. The van der Waals surface area contributed by atoms with Crippen molar-refractivity contribution in [3.63, 3.8) is 0 Å². The van der Waals surface area contributed by atoms with Gasteiger partial charge in [0.1, 0.15) is 0 Å². The van der Waals surface area contributed by atoms with Gasteiger partial charge in [-0.05, 0) is 44.6 Å². The molecule has 0 spiro atoms. The fourth-order valence-electron chi connectivity index (χ4n) is 2.79. The molecular weight excluding hydrogens is 262 g/mol. The highest BCUT2D eigenvalue weighted by molar-refractivity contribution is 5.95. The maximum absolute atomic E-state index is 12.2. The molecule has 0 radical (unpaired) electrons. The van der Waals surface area contributed by atoms with Crippen LogP contribution in [0.15, 0.2) is 24.3 Å². The van der Waals surface area contributed by atoms with Crippen LogP contribution in [0.2, 0.25) is 0 Å². The summed E-state index contributed by atoms with van der Waals surface area (Å²) in [5, 5.41) is 0. The van der Waals surface area contributed by atoms with Crippen LogP contribution in [-0.4, -0.2) is 74.5 Å². The average Bonchev–Trinajstić information content (AvgIpc) is 2.69. The first-order valence-corrected chi connectivity index (χ1v) is 7.78. The summed E-state index contributed by atoms with van der Waals surface area (Å²) in [6.45, 7) is 5.64. The third-order valence-corrected chi connectivity index (χ3v) is 4.16. The predicted molar refractivity (Wildman–Crippen MR) is 86.7 cm³/mol. The van der Waals surface area contributed by atoms with Gasteiger partial charge in [-0.3, -0.25) is 4.79 Å². The summed E-state index contributed by atoms with van der Waals surface area (Å²) in [4.78, 5) is 18.8. The van der Waals surface area contributed by atoms with Crippen LogP contribution < -0.4 is 0 Å². The number of carbonyl (C=O) groups excluding carboxylic acids is 1. The Kier molecular flexibility index (Phi) is 5.76. The largest absolute Gasteiger partial charge is 0.345 e. The molecule has 0 N–H and O–H groups in total. The third-order valence-electron chi connectivity index (χ3n) is 4.16. The van der Waals surface area contributed by atoms with E-state index in [1.54, 1.807) is 4.90 Å². The van der Waals surface area contributed by atoms with Crippen LogP contribution in [0.25, 0.3) is 0 Å². The minimum atomic E-state index is 0.0983. The van der Waals surface area contributed by atoms with E-state index in [0.29, 0.717) is 0 Å². The Morgan fingerprint density at radius 3 is 2.67 bits per heavy atom. The van der Waals surface area contributed by atoms with Gasteiger partial charge in [-0.1, -0.05) is 18.2 Å². The highest BCUT2D eigenvalue weighted by atomic mass is 16.2. The third kappa shape index (κ3) is 4.55. The molecule has 0 saturated carbocycles. The standard InChI is InChI=1S/C17H27N3O/c1-18(2)17(21)16-8-5-4-7-15(16)9-12-20-11-6-10-19(3)13-14-20/h4-5,7-8H,6,9-14H2,1-3H3. The van der Waals surface area contributed by atoms with E-state index >= 15 is 0 Å². The molecule has 1 fully saturated rings. The lowest BCUT2D eigenvalue weighted by Crippen LogP contribution is -2.31. The Bertz CT molecular complexity index is 473. The summed E-state index contributed by atoms with van der Waals surface area (Å²) < 4.78 is 0. The van der Waals surface area contributed by atoms with Crippen LogP contribution >= 0.6 is 0 Å². The lowest BCUT2D eigenvalue weighted by atomic mass is 10.0. The molecule has 1 aromatic carbocycles. The van der Waals surface area contributed by atoms with Gasteiger partial charge in [-0.15, -0.1) is 0 Å². The zero-order valence-corrected chi connectivity index (χ0v) is 13.5. The van der Waals surface area contributed by atoms with Gasteiger partial charge in [0.05, 0.1) is 0 Å². The monoisotopic (exact) mass is 289 g/mol. The maximum atomic E-state index is 12.2. The van der Waals surface area contributed by atoms with Crippen molar-refractivity contribution in [1.82, 2.24) is 14.7 Å². The van der Waals surface area contributed by atoms with E-state index in [-0.39, 0.29) is 5.91 Å². The topological polar surface area (TPSA) is 26.8 Å². The lowest BCUT2D eigenvalue weighted by Gasteiger charge is -2.21. The molecule has 1 saturated heterocycles. The van der Waals surface area contributed by atoms with Gasteiger partial charge in [0, 0.05) is 39.3 Å². The molecule has 1 aliphatic rings. The maximum Gasteiger partial charge on any atom is 0.253 e. The van der Waals surface area contributed by atoms with Crippen molar-refractivity contribution in [2.45, 2.75) is 12.8 Å². The SMILES string of the molecule is CN1CCCN(CCc2ccccc2C(=O)N(C)C)CC1. The van der Waals surface area contributed by atoms with Gasteiger partial charge >= 0.3 is 0 Å². The van der Waals surface area contributed by atoms with Crippen molar-refractivity contribution in [3.8, 4) is 0 Å². The van der Waals surface area contributed by atoms with Crippen LogP contribution in [0.4, 0.5) is 0 Å². The molecule has 1 amide bonds. The lowest BCUT2D eigenvalue weighted by molar-refractivity contribution is 0.0826. The number of benzene rings is 1. The molecule has 1 heterocycles. The van der Waals surface area contributed by atoms with Crippen LogP contribution in [0.3, 0.4) is 0 Å². The summed E-state index contributed by atoms with van der Waals surface area (Å²) >= 11 is 0. The molecule has 21 heavy (non-hydrogen) atoms. The van der Waals surface area contributed by atoms with E-state index in [9.17, 15) is 4.79 Å². The van der Waals surface area contributed by atoms with Crippen molar-refractivity contribution in [1.29, 1.82) is 0 Å². The zero-order valence-electron chi connectivity index (χ0n) is 13.5. The summed E-state index contributed by atoms with van der Waals surface area (Å²) in [6.07, 6.45) is 2.17. The first-order chi connectivity index (χ1) is 10.1. The van der Waals surface area contributed by atoms with Crippen molar-refractivity contribution in [2.75, 3.05) is 53.9 Å². The normalized spacial score (nSPS) is 17.5. The fourth-order valence-corrected chi connectivity index (χ4v) is 2.79. The number of carbonyl (C=O) groups is 1. The second kappa shape index (κ2) is 7.57. The molecule has 4 heteroatoms. The predicted octanol–water partition coefficient (Wildman–Crippen LogP) is 1.57. The Morgan fingerprint density at radius 2 is 1.90 bits per heavy atom. The van der Waals surface area contributed by atoms with Crippen molar-refractivity contribution in [3.05, 3.63) is 35.4 Å². The summed E-state index contributed by atoms with van der Waals surface area (Å²) in [7, 11) is 5.81. The van der Waals surface area contributed by atoms with Gasteiger partial charge in [0.25, 0.3) is 5.91 Å². The fraction of sp³-hybridized carbons (Fsp3) is 0.588. The van der Waals surface area contributed by atoms with Gasteiger partial charge in [-0.2, -0.15) is 0 Å². The Labute approximate surface area is 128 Å². The molecule has 1 aliphatic heterocycles. The number of rotatable bonds is 4. The Hall–Kier alpha value is -1.39. The number of nitrogens with zero attached hydrogens (tertiary/aromatic N) is 3. The van der Waals surface area contributed by atoms with Gasteiger partial charge in [0.15, 0.2) is 0 Å². The van der Waals surface area contributed by atoms with E-state index in [2.05, 4.69) is 22.9 Å². The highest BCUT2D eigenvalue weighted by Crippen LogP contribution is 2.13. The molecular formula is C17H27N3O. The summed E-state index contributed by atoms with van der Waals surface area (Å²) in [5.41, 5.74) is 2.00. The van der Waals surface area contributed by atoms with Crippen molar-refractivity contribution >= 4 is 5.91 Å². The molecule has 0 aromatic heterocycles. The van der Waals surface area contributed by atoms with Gasteiger partial charge in [-0.25, -0.2) is 0 Å². The minimum Gasteiger partial charge on any atom is -0.345 e. The molecule has 2 rings (SSSR count). The van der Waals surface area contributed by atoms with E-state index in [1.807, 2.05) is 32.3 Å². The average molecular weight is 289 g/mol. The molecule has 4 nitrogen and oxygen atoms in total. The van der Waals surface area contributed by atoms with E-state index in [1.165, 1.54) is 13.0 Å². The molecule has 1 aromatic rings. The van der Waals surface area contributed by atoms with E-state index < -0.39 is 0 Å². The van der Waals surface area contributed by atoms with E-state index in [0.717, 1.165) is 43.7 Å². The zero-order chi connectivity index (χ0) is 15.2.